The topological polar surface area (TPSA) is 56.7 Å². The molecule has 0 spiro atoms. The minimum atomic E-state index is 0.496. The van der Waals surface area contributed by atoms with Crippen LogP contribution >= 0.6 is 11.6 Å². The van der Waals surface area contributed by atoms with Gasteiger partial charge in [0.05, 0.1) is 12.2 Å². The van der Waals surface area contributed by atoms with Crippen molar-refractivity contribution in [2.75, 3.05) is 5.73 Å². The molecule has 2 aromatic rings. The highest BCUT2D eigenvalue weighted by Crippen LogP contribution is 2.19. The second kappa shape index (κ2) is 4.75. The molecule has 0 saturated carbocycles. The van der Waals surface area contributed by atoms with Gasteiger partial charge in [-0.15, -0.1) is 5.10 Å². The summed E-state index contributed by atoms with van der Waals surface area (Å²) in [5.74, 6) is 0.496. The summed E-state index contributed by atoms with van der Waals surface area (Å²) in [5.41, 5.74) is 8.86. The fourth-order valence-electron chi connectivity index (χ4n) is 1.78. The van der Waals surface area contributed by atoms with E-state index >= 15 is 0 Å². The molecule has 0 radical (unpaired) electrons. The molecule has 0 saturated heterocycles. The number of aromatic nitrogens is 3. The van der Waals surface area contributed by atoms with E-state index in [0.717, 1.165) is 28.3 Å². The van der Waals surface area contributed by atoms with Crippen molar-refractivity contribution in [2.45, 2.75) is 26.8 Å². The van der Waals surface area contributed by atoms with Crippen LogP contribution < -0.4 is 5.73 Å². The molecular formula is C12H15ClN4. The Morgan fingerprint density at radius 3 is 2.82 bits per heavy atom. The highest BCUT2D eigenvalue weighted by molar-refractivity contribution is 6.31. The van der Waals surface area contributed by atoms with E-state index < -0.39 is 0 Å². The monoisotopic (exact) mass is 250 g/mol. The third-order valence-electron chi connectivity index (χ3n) is 2.73. The van der Waals surface area contributed by atoms with Crippen LogP contribution in [0.2, 0.25) is 5.02 Å². The molecule has 0 aliphatic carbocycles. The van der Waals surface area contributed by atoms with Crippen LogP contribution in [0.5, 0.6) is 0 Å². The van der Waals surface area contributed by atoms with Crippen molar-refractivity contribution in [3.63, 3.8) is 0 Å². The molecule has 0 amide bonds. The molecule has 0 unspecified atom stereocenters. The number of halogens is 1. The zero-order valence-electron chi connectivity index (χ0n) is 9.94. The first-order valence-electron chi connectivity index (χ1n) is 5.54. The molecule has 90 valence electrons. The number of hydrogen-bond donors (Lipinski definition) is 1. The lowest BCUT2D eigenvalue weighted by Gasteiger charge is -2.07. The summed E-state index contributed by atoms with van der Waals surface area (Å²) in [6.45, 7) is 4.65. The molecule has 1 aromatic heterocycles. The van der Waals surface area contributed by atoms with Crippen LogP contribution in [0.15, 0.2) is 18.2 Å². The van der Waals surface area contributed by atoms with Crippen molar-refractivity contribution in [3.8, 4) is 0 Å². The average Bonchev–Trinajstić information content (AvgIpc) is 2.63. The molecule has 4 nitrogen and oxygen atoms in total. The Balaban J connectivity index is 2.31. The Bertz CT molecular complexity index is 533. The van der Waals surface area contributed by atoms with Crippen LogP contribution in [-0.4, -0.2) is 15.0 Å². The second-order valence-electron chi connectivity index (χ2n) is 4.03. The minimum absolute atomic E-state index is 0.496. The van der Waals surface area contributed by atoms with E-state index in [2.05, 4.69) is 10.3 Å². The van der Waals surface area contributed by atoms with Gasteiger partial charge in [-0.05, 0) is 30.5 Å². The van der Waals surface area contributed by atoms with E-state index in [1.54, 1.807) is 4.68 Å². The normalized spacial score (nSPS) is 10.8. The van der Waals surface area contributed by atoms with Gasteiger partial charge in [0.15, 0.2) is 5.82 Å². The van der Waals surface area contributed by atoms with Crippen molar-refractivity contribution < 1.29 is 0 Å². The maximum absolute atomic E-state index is 6.19. The average molecular weight is 251 g/mol. The fraction of sp³-hybridized carbons (Fsp3) is 0.333. The van der Waals surface area contributed by atoms with E-state index in [4.69, 9.17) is 17.3 Å². The van der Waals surface area contributed by atoms with Gasteiger partial charge in [0.2, 0.25) is 0 Å². The predicted octanol–water partition coefficient (Wildman–Crippen LogP) is 2.43. The third kappa shape index (κ3) is 2.42. The maximum Gasteiger partial charge on any atom is 0.169 e. The molecule has 17 heavy (non-hydrogen) atoms. The van der Waals surface area contributed by atoms with Gasteiger partial charge >= 0.3 is 0 Å². The van der Waals surface area contributed by atoms with Crippen molar-refractivity contribution in [3.05, 3.63) is 40.0 Å². The van der Waals surface area contributed by atoms with Crippen LogP contribution in [0.3, 0.4) is 0 Å². The zero-order chi connectivity index (χ0) is 12.4. The number of rotatable bonds is 3. The zero-order valence-corrected chi connectivity index (χ0v) is 10.7. The first-order chi connectivity index (χ1) is 8.11. The third-order valence-corrected chi connectivity index (χ3v) is 3.08. The number of nitrogen functional groups attached to an aromatic ring is 1. The minimum Gasteiger partial charge on any atom is -0.381 e. The van der Waals surface area contributed by atoms with Crippen LogP contribution in [0, 0.1) is 6.92 Å². The van der Waals surface area contributed by atoms with Gasteiger partial charge in [-0.1, -0.05) is 35.9 Å². The number of aryl methyl sites for hydroxylation is 1. The fourth-order valence-corrected chi connectivity index (χ4v) is 2.07. The first-order valence-corrected chi connectivity index (χ1v) is 5.92. The molecule has 0 fully saturated rings. The number of nitrogens with two attached hydrogens (primary N) is 1. The molecule has 0 aliphatic heterocycles. The first kappa shape index (κ1) is 11.9. The highest BCUT2D eigenvalue weighted by Gasteiger charge is 2.09. The summed E-state index contributed by atoms with van der Waals surface area (Å²) < 4.78 is 1.80. The molecule has 0 aliphatic rings. The smallest absolute Gasteiger partial charge is 0.169 e. The summed E-state index contributed by atoms with van der Waals surface area (Å²) in [6.07, 6.45) is 0.808. The van der Waals surface area contributed by atoms with E-state index in [1.165, 1.54) is 0 Å². The standard InChI is InChI=1S/C12H15ClN4/c1-3-11-12(14)15-16-17(11)7-9-5-4-8(2)6-10(9)13/h4-6H,3,7,14H2,1-2H3. The van der Waals surface area contributed by atoms with Crippen molar-refractivity contribution in [1.82, 2.24) is 15.0 Å². The predicted molar refractivity (Wildman–Crippen MR) is 69.1 cm³/mol. The lowest BCUT2D eigenvalue weighted by Crippen LogP contribution is -2.07. The molecule has 2 N–H and O–H groups in total. The Labute approximate surface area is 105 Å². The summed E-state index contributed by atoms with van der Waals surface area (Å²) in [7, 11) is 0. The highest BCUT2D eigenvalue weighted by atomic mass is 35.5. The quantitative estimate of drug-likeness (QED) is 0.910. The molecular weight excluding hydrogens is 236 g/mol. The summed E-state index contributed by atoms with van der Waals surface area (Å²) in [6, 6.07) is 5.99. The molecule has 5 heteroatoms. The van der Waals surface area contributed by atoms with Crippen molar-refractivity contribution >= 4 is 17.4 Å². The largest absolute Gasteiger partial charge is 0.381 e. The molecule has 1 aromatic carbocycles. The van der Waals surface area contributed by atoms with E-state index in [-0.39, 0.29) is 0 Å². The van der Waals surface area contributed by atoms with Gasteiger partial charge in [-0.25, -0.2) is 4.68 Å². The summed E-state index contributed by atoms with van der Waals surface area (Å²) in [5, 5.41) is 8.66. The van der Waals surface area contributed by atoms with Gasteiger partial charge in [0.25, 0.3) is 0 Å². The Hall–Kier alpha value is -1.55. The maximum atomic E-state index is 6.19. The molecule has 0 atom stereocenters. The van der Waals surface area contributed by atoms with Gasteiger partial charge in [0.1, 0.15) is 0 Å². The number of benzene rings is 1. The van der Waals surface area contributed by atoms with Crippen molar-refractivity contribution in [1.29, 1.82) is 0 Å². The van der Waals surface area contributed by atoms with E-state index in [1.807, 2.05) is 32.0 Å². The summed E-state index contributed by atoms with van der Waals surface area (Å²) in [4.78, 5) is 0. The lowest BCUT2D eigenvalue weighted by atomic mass is 10.1. The Morgan fingerprint density at radius 2 is 2.18 bits per heavy atom. The summed E-state index contributed by atoms with van der Waals surface area (Å²) >= 11 is 6.19. The Morgan fingerprint density at radius 1 is 1.41 bits per heavy atom. The molecule has 2 rings (SSSR count). The van der Waals surface area contributed by atoms with E-state index in [0.29, 0.717) is 12.4 Å². The van der Waals surface area contributed by atoms with Gasteiger partial charge in [-0.3, -0.25) is 0 Å². The Kier molecular flexibility index (Phi) is 3.33. The SMILES string of the molecule is CCc1c(N)nnn1Cc1ccc(C)cc1Cl. The van der Waals surface area contributed by atoms with Gasteiger partial charge in [-0.2, -0.15) is 0 Å². The lowest BCUT2D eigenvalue weighted by molar-refractivity contribution is 0.622. The van der Waals surface area contributed by atoms with E-state index in [9.17, 15) is 0 Å². The second-order valence-corrected chi connectivity index (χ2v) is 4.43. The van der Waals surface area contributed by atoms with Gasteiger partial charge in [0, 0.05) is 5.02 Å². The van der Waals surface area contributed by atoms with Crippen LogP contribution in [0.25, 0.3) is 0 Å². The number of nitrogens with zero attached hydrogens (tertiary/aromatic N) is 3. The van der Waals surface area contributed by atoms with Crippen molar-refractivity contribution in [2.24, 2.45) is 0 Å². The van der Waals surface area contributed by atoms with Crippen LogP contribution in [0.1, 0.15) is 23.7 Å². The van der Waals surface area contributed by atoms with Gasteiger partial charge < -0.3 is 5.73 Å². The molecule has 0 bridgehead atoms. The van der Waals surface area contributed by atoms with Crippen LogP contribution in [-0.2, 0) is 13.0 Å². The molecule has 1 heterocycles. The number of hydrogen-bond acceptors (Lipinski definition) is 3. The van der Waals surface area contributed by atoms with Crippen LogP contribution in [0.4, 0.5) is 5.82 Å². The number of anilines is 1.